The quantitative estimate of drug-likeness (QED) is 0.163. The van der Waals surface area contributed by atoms with Gasteiger partial charge in [0.15, 0.2) is 0 Å². The van der Waals surface area contributed by atoms with E-state index in [0.29, 0.717) is 0 Å². The summed E-state index contributed by atoms with van der Waals surface area (Å²) < 4.78 is 29.9. The van der Waals surface area contributed by atoms with E-state index in [4.69, 9.17) is 18.9 Å². The average Bonchev–Trinajstić information content (AvgIpc) is 2.25. The van der Waals surface area contributed by atoms with E-state index in [1.54, 1.807) is 0 Å². The molecule has 2 atom stereocenters. The Morgan fingerprint density at radius 1 is 0.346 bits per heavy atom. The smallest absolute Gasteiger partial charge is 0.261 e. The van der Waals surface area contributed by atoms with Crippen molar-refractivity contribution in [3.63, 3.8) is 0 Å². The van der Waals surface area contributed by atoms with E-state index in [2.05, 4.69) is 235 Å². The minimum atomic E-state index is -0.363. The molecule has 10 aromatic carbocycles. The first-order valence-corrected chi connectivity index (χ1v) is 27.7. The summed E-state index contributed by atoms with van der Waals surface area (Å²) in [5, 5.41) is 0. The molecule has 2 unspecified atom stereocenters. The fourth-order valence-corrected chi connectivity index (χ4v) is 15.7. The monoisotopic (exact) mass is 1000 g/mol. The van der Waals surface area contributed by atoms with E-state index in [1.165, 1.54) is 40.7 Å². The van der Waals surface area contributed by atoms with E-state index in [0.717, 1.165) is 131 Å². The van der Waals surface area contributed by atoms with Crippen LogP contribution in [0.25, 0.3) is 0 Å². The summed E-state index contributed by atoms with van der Waals surface area (Å²) in [5.41, 5.74) is 19.9. The Morgan fingerprint density at radius 2 is 0.795 bits per heavy atom. The zero-order valence-electron chi connectivity index (χ0n) is 43.2. The van der Waals surface area contributed by atoms with Crippen LogP contribution in [-0.4, -0.2) is 25.7 Å². The van der Waals surface area contributed by atoms with Crippen molar-refractivity contribution in [2.24, 2.45) is 0 Å². The molecular weight excluding hydrogens is 955 g/mol. The van der Waals surface area contributed by atoms with Crippen molar-refractivity contribution in [2.45, 2.75) is 50.5 Å². The first-order valence-electron chi connectivity index (χ1n) is 27.7. The molecule has 7 aliphatic heterocycles. The number of nitrogens with zero attached hydrogens (tertiary/aromatic N) is 3. The average molecular weight is 1000 g/mol. The van der Waals surface area contributed by atoms with Crippen molar-refractivity contribution in [1.29, 1.82) is 0 Å². The van der Waals surface area contributed by atoms with Gasteiger partial charge in [0, 0.05) is 80.0 Å². The van der Waals surface area contributed by atoms with Crippen LogP contribution in [0.5, 0.6) is 46.0 Å². The van der Waals surface area contributed by atoms with Crippen LogP contribution in [0.3, 0.4) is 0 Å². The van der Waals surface area contributed by atoms with Gasteiger partial charge in [-0.3, -0.25) is 0 Å². The number of hydrogen-bond donors (Lipinski definition) is 0. The van der Waals surface area contributed by atoms with E-state index in [9.17, 15) is 0 Å². The van der Waals surface area contributed by atoms with Gasteiger partial charge in [-0.1, -0.05) is 141 Å². The second kappa shape index (κ2) is 15.4. The lowest BCUT2D eigenvalue weighted by Gasteiger charge is -2.50. The van der Waals surface area contributed by atoms with Gasteiger partial charge in [-0.2, -0.15) is 0 Å². The van der Waals surface area contributed by atoms with Crippen LogP contribution >= 0.6 is 0 Å². The minimum Gasteiger partial charge on any atom is -0.459 e. The molecule has 0 N–H and O–H groups in total. The highest BCUT2D eigenvalue weighted by Crippen LogP contribution is 2.62. The van der Waals surface area contributed by atoms with Gasteiger partial charge in [-0.05, 0) is 130 Å². The molecule has 0 bridgehead atoms. The van der Waals surface area contributed by atoms with Gasteiger partial charge in [0.25, 0.3) is 20.1 Å². The van der Waals surface area contributed by atoms with Gasteiger partial charge in [0.2, 0.25) is 0 Å². The lowest BCUT2D eigenvalue weighted by molar-refractivity contribution is 0.195. The van der Waals surface area contributed by atoms with Crippen LogP contribution in [0.1, 0.15) is 45.1 Å². The first-order chi connectivity index (χ1) is 38.4. The van der Waals surface area contributed by atoms with Gasteiger partial charge in [0.05, 0.1) is 5.54 Å². The number of rotatable bonds is 3. The molecule has 1 saturated carbocycles. The minimum absolute atomic E-state index is 0.0942. The Hall–Kier alpha value is -9.01. The predicted octanol–water partition coefficient (Wildman–Crippen LogP) is 11.0. The Morgan fingerprint density at radius 3 is 1.35 bits per heavy atom. The molecule has 0 saturated heterocycles. The molecule has 7 heterocycles. The molecule has 0 amide bonds. The maximum atomic E-state index is 7.68. The number of hydrogen-bond acceptors (Lipinski definition) is 7. The molecule has 1 fully saturated rings. The summed E-state index contributed by atoms with van der Waals surface area (Å²) in [7, 11) is 0. The number of para-hydroxylation sites is 6. The van der Waals surface area contributed by atoms with Gasteiger partial charge in [0.1, 0.15) is 46.0 Å². The molecule has 10 aromatic rings. The lowest BCUT2D eigenvalue weighted by atomic mass is 9.28. The zero-order valence-corrected chi connectivity index (χ0v) is 43.2. The fraction of sp³-hybridized carbons (Fsp3) is 0.118. The van der Waals surface area contributed by atoms with Gasteiger partial charge < -0.3 is 33.6 Å². The van der Waals surface area contributed by atoms with E-state index in [-0.39, 0.29) is 31.1 Å². The van der Waals surface area contributed by atoms with E-state index < -0.39 is 0 Å². The Kier molecular flexibility index (Phi) is 8.49. The molecule has 0 aromatic heterocycles. The van der Waals surface area contributed by atoms with Crippen molar-refractivity contribution < 1.29 is 18.9 Å². The number of fused-ring (bicyclic) bond motifs is 17. The molecular formula is C68H48B3N3O4. The van der Waals surface area contributed by atoms with Gasteiger partial charge >= 0.3 is 0 Å². The topological polar surface area (TPSA) is 46.6 Å². The molecule has 18 rings (SSSR count). The van der Waals surface area contributed by atoms with Crippen LogP contribution in [0.4, 0.5) is 45.5 Å². The van der Waals surface area contributed by atoms with Crippen molar-refractivity contribution in [3.05, 3.63) is 212 Å². The zero-order chi connectivity index (χ0) is 51.2. The molecule has 78 heavy (non-hydrogen) atoms. The van der Waals surface area contributed by atoms with Crippen molar-refractivity contribution in [1.82, 2.24) is 0 Å². The van der Waals surface area contributed by atoms with Crippen LogP contribution < -0.4 is 82.8 Å². The summed E-state index contributed by atoms with van der Waals surface area (Å²) in [6.45, 7) is 4.39. The van der Waals surface area contributed by atoms with Crippen LogP contribution in [0.2, 0.25) is 0 Å². The first kappa shape index (κ1) is 43.1. The third kappa shape index (κ3) is 5.42. The lowest BCUT2D eigenvalue weighted by Crippen LogP contribution is -2.66. The maximum Gasteiger partial charge on any atom is 0.261 e. The van der Waals surface area contributed by atoms with E-state index in [1.807, 2.05) is 0 Å². The number of benzene rings is 10. The maximum absolute atomic E-state index is 7.68. The molecule has 10 heteroatoms. The Labute approximate surface area is 454 Å². The highest BCUT2D eigenvalue weighted by Gasteiger charge is 2.59. The number of ether oxygens (including phenoxy) is 4. The summed E-state index contributed by atoms with van der Waals surface area (Å²) >= 11 is 0. The standard InChI is InChI=1S/C68H48B3N3O4/c1-67-35-18-19-36-68(67,2)74(43-25-10-5-11-26-43)51-38-57-48(37-44(51)67)70-47-29-14-17-34-56(47)78-66-62-53(40-59(76-57)64(66)70)73(42-23-8-4-9-24-42)50-31-20-30-49-60(50)71(62)61-52(72(49)41-21-6-3-7-22-41)39-58-63-65(61)77-55-33-16-13-28-46(55)69(63)45-27-12-15-32-54(45)75-58/h3-17,20-34,37-40H,18-19,35-36H2,1-2H3. The van der Waals surface area contributed by atoms with Crippen molar-refractivity contribution in [2.75, 3.05) is 14.7 Å². The van der Waals surface area contributed by atoms with Gasteiger partial charge in [-0.15, -0.1) is 0 Å². The molecule has 7 nitrogen and oxygen atoms in total. The molecule has 1 aliphatic carbocycles. The normalized spacial score (nSPS) is 19.3. The fourth-order valence-electron chi connectivity index (χ4n) is 15.7. The summed E-state index contributed by atoms with van der Waals surface area (Å²) in [4.78, 5) is 7.53. The van der Waals surface area contributed by atoms with Gasteiger partial charge in [-0.25, -0.2) is 0 Å². The highest BCUT2D eigenvalue weighted by atomic mass is 16.5. The summed E-state index contributed by atoms with van der Waals surface area (Å²) in [6, 6.07) is 74.8. The predicted molar refractivity (Wildman–Crippen MR) is 319 cm³/mol. The Bertz CT molecular complexity index is 4260. The molecule has 0 radical (unpaired) electrons. The highest BCUT2D eigenvalue weighted by molar-refractivity contribution is 7.05. The molecule has 368 valence electrons. The molecule has 8 aliphatic rings. The molecule has 0 spiro atoms. The number of anilines is 8. The second-order valence-electron chi connectivity index (χ2n) is 22.9. The Balaban J connectivity index is 0.947. The SMILES string of the molecule is CC12CCCCC1(C)N(c1ccccc1)c1cc3c(cc12)B1c2ccccc2Oc2c1c(cc1c2B2c4c(cccc4N1c1ccccc1)N(c1ccccc1)c1cc4c5c(c12)Oc1ccccc1B5c1ccccc1O4)O3. The summed E-state index contributed by atoms with van der Waals surface area (Å²) in [6.07, 6.45) is 4.63. The third-order valence-electron chi connectivity index (χ3n) is 19.2. The third-order valence-corrected chi connectivity index (χ3v) is 19.2. The van der Waals surface area contributed by atoms with Crippen LogP contribution in [0, 0.1) is 0 Å². The van der Waals surface area contributed by atoms with Crippen molar-refractivity contribution >= 4 is 115 Å². The van der Waals surface area contributed by atoms with Crippen molar-refractivity contribution in [3.8, 4) is 46.0 Å². The van der Waals surface area contributed by atoms with E-state index >= 15 is 0 Å². The van der Waals surface area contributed by atoms with Crippen LogP contribution in [-0.2, 0) is 5.41 Å². The second-order valence-corrected chi connectivity index (χ2v) is 22.9. The summed E-state index contributed by atoms with van der Waals surface area (Å²) in [5.74, 6) is 6.72. The van der Waals surface area contributed by atoms with Crippen LogP contribution in [0.15, 0.2) is 206 Å². The largest absolute Gasteiger partial charge is 0.459 e.